The minimum Gasteiger partial charge on any atom is -0.430 e. The fourth-order valence-electron chi connectivity index (χ4n) is 3.10. The summed E-state index contributed by atoms with van der Waals surface area (Å²) < 4.78 is 5.36. The number of carbonyl (C=O) groups excluding carboxylic acids is 2. The van der Waals surface area contributed by atoms with Gasteiger partial charge < -0.3 is 4.74 Å². The van der Waals surface area contributed by atoms with Crippen LogP contribution in [-0.4, -0.2) is 12.0 Å². The molecular weight excluding hydrogens is 385 g/mol. The van der Waals surface area contributed by atoms with Gasteiger partial charge in [0.25, 0.3) is 5.91 Å². The Morgan fingerprint density at radius 2 is 1.44 bits per heavy atom. The van der Waals surface area contributed by atoms with E-state index in [1.165, 1.54) is 12.1 Å². The van der Waals surface area contributed by atoms with Gasteiger partial charge in [0.2, 0.25) is 6.10 Å². The van der Waals surface area contributed by atoms with Gasteiger partial charge in [-0.1, -0.05) is 52.5 Å². The van der Waals surface area contributed by atoms with Crippen molar-refractivity contribution in [2.45, 2.75) is 26.9 Å². The van der Waals surface area contributed by atoms with Crippen LogP contribution in [0, 0.1) is 20.8 Å². The summed E-state index contributed by atoms with van der Waals surface area (Å²) in [4.78, 5) is 26.2. The van der Waals surface area contributed by atoms with Crippen LogP contribution < -0.4 is 4.90 Å². The fraction of sp³-hybridized carbons (Fsp3) is 0.222. The van der Waals surface area contributed by atoms with E-state index in [1.807, 2.05) is 32.9 Å². The van der Waals surface area contributed by atoms with Gasteiger partial charge in [-0.2, -0.15) is 0 Å². The van der Waals surface area contributed by atoms with Gasteiger partial charge in [-0.05, 0) is 44.0 Å². The summed E-state index contributed by atoms with van der Waals surface area (Å²) in [7, 11) is 0. The van der Waals surface area contributed by atoms with E-state index < -0.39 is 18.1 Å². The van der Waals surface area contributed by atoms with E-state index in [4.69, 9.17) is 39.5 Å². The molecule has 1 heterocycles. The zero-order valence-corrected chi connectivity index (χ0v) is 16.0. The number of hydrogen-bond acceptors (Lipinski definition) is 3. The quantitative estimate of drug-likeness (QED) is 0.601. The third kappa shape index (κ3) is 3.10. The summed E-state index contributed by atoms with van der Waals surface area (Å²) in [5.41, 5.74) is 3.66. The molecule has 0 spiro atoms. The fourth-order valence-corrected chi connectivity index (χ4v) is 3.72. The highest BCUT2D eigenvalue weighted by Crippen LogP contribution is 2.40. The highest BCUT2D eigenvalue weighted by Gasteiger charge is 2.44. The zero-order valence-electron chi connectivity index (χ0n) is 13.7. The van der Waals surface area contributed by atoms with Gasteiger partial charge in [-0.15, -0.1) is 0 Å². The van der Waals surface area contributed by atoms with E-state index in [0.717, 1.165) is 21.6 Å². The van der Waals surface area contributed by atoms with Crippen molar-refractivity contribution in [2.75, 3.05) is 4.90 Å². The molecule has 1 aliphatic heterocycles. The lowest BCUT2D eigenvalue weighted by atomic mass is 9.95. The lowest BCUT2D eigenvalue weighted by Crippen LogP contribution is -2.30. The summed E-state index contributed by atoms with van der Waals surface area (Å²) in [5.74, 6) is -0.514. The number of imide groups is 1. The highest BCUT2D eigenvalue weighted by molar-refractivity contribution is 6.44. The summed E-state index contributed by atoms with van der Waals surface area (Å²) >= 11 is 18.1. The van der Waals surface area contributed by atoms with Gasteiger partial charge in [0.05, 0.1) is 20.8 Å². The molecule has 130 valence electrons. The van der Waals surface area contributed by atoms with Gasteiger partial charge in [-0.25, -0.2) is 9.69 Å². The van der Waals surface area contributed by atoms with Crippen molar-refractivity contribution in [3.63, 3.8) is 0 Å². The largest absolute Gasteiger partial charge is 0.430 e. The lowest BCUT2D eigenvalue weighted by Gasteiger charge is -2.16. The standard InChI is InChI=1S/C18H14Cl3NO3/c1-8-4-9(2)15(10(3)5-8)16-17(23)22(18(24)25-16)14-7-12(20)11(19)6-13(14)21/h4-7,16H,1-3H3. The number of hydrogen-bond donors (Lipinski definition) is 0. The molecule has 25 heavy (non-hydrogen) atoms. The van der Waals surface area contributed by atoms with E-state index >= 15 is 0 Å². The Labute approximate surface area is 160 Å². The number of rotatable bonds is 2. The topological polar surface area (TPSA) is 46.6 Å². The Morgan fingerprint density at radius 1 is 0.880 bits per heavy atom. The SMILES string of the molecule is Cc1cc(C)c(C2OC(=O)N(c3cc(Cl)c(Cl)cc3Cl)C2=O)c(C)c1. The van der Waals surface area contributed by atoms with Crippen molar-refractivity contribution in [3.05, 3.63) is 61.6 Å². The normalized spacial score (nSPS) is 17.2. The Hall–Kier alpha value is -1.75. The predicted octanol–water partition coefficient (Wildman–Crippen LogP) is 5.80. The predicted molar refractivity (Wildman–Crippen MR) is 98.8 cm³/mol. The molecule has 0 aromatic heterocycles. The maximum Gasteiger partial charge on any atom is 0.422 e. The first-order valence-electron chi connectivity index (χ1n) is 7.47. The van der Waals surface area contributed by atoms with Gasteiger partial charge >= 0.3 is 6.09 Å². The molecule has 1 atom stereocenters. The molecule has 0 N–H and O–H groups in total. The summed E-state index contributed by atoms with van der Waals surface area (Å²) in [6.07, 6.45) is -1.81. The number of carbonyl (C=O) groups is 2. The summed E-state index contributed by atoms with van der Waals surface area (Å²) in [5, 5.41) is 0.558. The summed E-state index contributed by atoms with van der Waals surface area (Å²) in [6, 6.07) is 6.65. The van der Waals surface area contributed by atoms with Crippen molar-refractivity contribution in [1.82, 2.24) is 0 Å². The number of anilines is 1. The third-order valence-corrected chi connectivity index (χ3v) is 5.10. The van der Waals surface area contributed by atoms with E-state index in [1.54, 1.807) is 0 Å². The molecule has 1 saturated heterocycles. The van der Waals surface area contributed by atoms with E-state index in [0.29, 0.717) is 5.56 Å². The second-order valence-corrected chi connectivity index (χ2v) is 7.19. The maximum atomic E-state index is 12.9. The van der Waals surface area contributed by atoms with Gasteiger partial charge in [0.15, 0.2) is 0 Å². The van der Waals surface area contributed by atoms with Gasteiger partial charge in [-0.3, -0.25) is 4.79 Å². The second kappa shape index (κ2) is 6.52. The molecule has 0 saturated carbocycles. The molecule has 4 nitrogen and oxygen atoms in total. The molecule has 0 aliphatic carbocycles. The number of ether oxygens (including phenoxy) is 1. The molecule has 1 unspecified atom stereocenters. The second-order valence-electron chi connectivity index (χ2n) is 5.97. The molecule has 1 fully saturated rings. The number of benzene rings is 2. The average molecular weight is 399 g/mol. The van der Waals surface area contributed by atoms with Crippen LogP contribution in [0.4, 0.5) is 10.5 Å². The molecular formula is C18H14Cl3NO3. The van der Waals surface area contributed by atoms with E-state index in [-0.39, 0.29) is 20.8 Å². The Kier molecular flexibility index (Phi) is 4.71. The monoisotopic (exact) mass is 397 g/mol. The van der Waals surface area contributed by atoms with Gasteiger partial charge in [0, 0.05) is 5.56 Å². The Bertz CT molecular complexity index is 888. The third-order valence-electron chi connectivity index (χ3n) is 4.08. The highest BCUT2D eigenvalue weighted by atomic mass is 35.5. The van der Waals surface area contributed by atoms with Crippen LogP contribution in [0.25, 0.3) is 0 Å². The molecule has 2 aromatic carbocycles. The molecule has 7 heteroatoms. The number of halogens is 3. The molecule has 0 bridgehead atoms. The van der Waals surface area contributed by atoms with E-state index in [2.05, 4.69) is 0 Å². The van der Waals surface area contributed by atoms with Crippen molar-refractivity contribution < 1.29 is 14.3 Å². The van der Waals surface area contributed by atoms with Crippen LogP contribution in [0.2, 0.25) is 15.1 Å². The minimum absolute atomic E-state index is 0.137. The molecule has 2 amide bonds. The van der Waals surface area contributed by atoms with Crippen molar-refractivity contribution in [1.29, 1.82) is 0 Å². The van der Waals surface area contributed by atoms with Crippen LogP contribution in [0.1, 0.15) is 28.4 Å². The first kappa shape index (κ1) is 18.1. The van der Waals surface area contributed by atoms with Crippen LogP contribution in [-0.2, 0) is 9.53 Å². The van der Waals surface area contributed by atoms with Crippen LogP contribution in [0.15, 0.2) is 24.3 Å². The Morgan fingerprint density at radius 3 is 2.04 bits per heavy atom. The molecule has 0 radical (unpaired) electrons. The minimum atomic E-state index is -1.02. The van der Waals surface area contributed by atoms with Crippen molar-refractivity contribution in [3.8, 4) is 0 Å². The van der Waals surface area contributed by atoms with Crippen LogP contribution in [0.3, 0.4) is 0 Å². The maximum absolute atomic E-state index is 12.9. The Balaban J connectivity index is 2.06. The molecule has 2 aromatic rings. The summed E-state index contributed by atoms with van der Waals surface area (Å²) in [6.45, 7) is 5.73. The zero-order chi connectivity index (χ0) is 18.5. The van der Waals surface area contributed by atoms with Crippen molar-refractivity contribution in [2.24, 2.45) is 0 Å². The van der Waals surface area contributed by atoms with Crippen LogP contribution >= 0.6 is 34.8 Å². The smallest absolute Gasteiger partial charge is 0.422 e. The number of aryl methyl sites for hydroxylation is 3. The van der Waals surface area contributed by atoms with Gasteiger partial charge in [0.1, 0.15) is 0 Å². The van der Waals surface area contributed by atoms with Crippen LogP contribution in [0.5, 0.6) is 0 Å². The number of cyclic esters (lactones) is 1. The first-order chi connectivity index (χ1) is 11.7. The number of nitrogens with zero attached hydrogens (tertiary/aromatic N) is 1. The number of amides is 2. The lowest BCUT2D eigenvalue weighted by molar-refractivity contribution is -0.122. The van der Waals surface area contributed by atoms with E-state index in [9.17, 15) is 9.59 Å². The molecule has 3 rings (SSSR count). The molecule has 1 aliphatic rings. The first-order valence-corrected chi connectivity index (χ1v) is 8.61. The van der Waals surface area contributed by atoms with Crippen molar-refractivity contribution >= 4 is 52.5 Å². The average Bonchev–Trinajstić information content (AvgIpc) is 2.77.